The summed E-state index contributed by atoms with van der Waals surface area (Å²) in [5, 5.41) is 3.46. The number of hydrogen-bond donors (Lipinski definition) is 1. The lowest BCUT2D eigenvalue weighted by Crippen LogP contribution is -2.14. The highest BCUT2D eigenvalue weighted by atomic mass is 35.5. The van der Waals surface area contributed by atoms with Gasteiger partial charge in [-0.15, -0.1) is 0 Å². The molecule has 0 aliphatic carbocycles. The number of aryl methyl sites for hydroxylation is 1. The first kappa shape index (κ1) is 14.8. The molecule has 2 aromatic carbocycles. The maximum atomic E-state index is 12.1. The van der Waals surface area contributed by atoms with Gasteiger partial charge in [-0.05, 0) is 35.9 Å². The first-order valence-electron chi connectivity index (χ1n) is 6.67. The molecule has 0 aliphatic rings. The number of anilines is 1. The Hall–Kier alpha value is -2.11. The number of thiazole rings is 1. The van der Waals surface area contributed by atoms with Crippen molar-refractivity contribution >= 4 is 44.7 Å². The van der Waals surface area contributed by atoms with Crippen LogP contribution in [0.15, 0.2) is 47.3 Å². The van der Waals surface area contributed by atoms with Gasteiger partial charge in [-0.25, -0.2) is 0 Å². The fraction of sp³-hybridized carbons (Fsp3) is 0.125. The number of nitrogens with zero attached hydrogens (tertiary/aromatic N) is 1. The lowest BCUT2D eigenvalue weighted by Gasteiger charge is -2.06. The lowest BCUT2D eigenvalue weighted by molar-refractivity contribution is -0.115. The molecular formula is C16H13ClN2O2S. The summed E-state index contributed by atoms with van der Waals surface area (Å²) in [6.45, 7) is 0. The predicted octanol–water partition coefficient (Wildman–Crippen LogP) is 3.43. The summed E-state index contributed by atoms with van der Waals surface area (Å²) < 4.78 is 2.45. The molecular weight excluding hydrogens is 320 g/mol. The van der Waals surface area contributed by atoms with Crippen LogP contribution in [-0.2, 0) is 18.3 Å². The molecule has 0 radical (unpaired) electrons. The van der Waals surface area contributed by atoms with Gasteiger partial charge in [-0.1, -0.05) is 35.1 Å². The molecule has 0 bridgehead atoms. The molecule has 0 spiro atoms. The van der Waals surface area contributed by atoms with E-state index in [-0.39, 0.29) is 17.2 Å². The zero-order valence-corrected chi connectivity index (χ0v) is 13.4. The van der Waals surface area contributed by atoms with Crippen molar-refractivity contribution in [2.45, 2.75) is 6.42 Å². The number of carbonyl (C=O) groups is 1. The van der Waals surface area contributed by atoms with Crippen LogP contribution in [0, 0.1) is 0 Å². The number of aromatic nitrogens is 1. The van der Waals surface area contributed by atoms with Crippen molar-refractivity contribution in [2.24, 2.45) is 7.05 Å². The number of amides is 1. The average molecular weight is 333 g/mol. The van der Waals surface area contributed by atoms with Crippen molar-refractivity contribution in [1.29, 1.82) is 0 Å². The minimum atomic E-state index is -0.120. The van der Waals surface area contributed by atoms with Crippen molar-refractivity contribution in [1.82, 2.24) is 4.57 Å². The second-order valence-electron chi connectivity index (χ2n) is 4.96. The van der Waals surface area contributed by atoms with Gasteiger partial charge < -0.3 is 9.88 Å². The van der Waals surface area contributed by atoms with Gasteiger partial charge in [-0.3, -0.25) is 9.59 Å². The molecule has 112 valence electrons. The smallest absolute Gasteiger partial charge is 0.307 e. The fourth-order valence-electron chi connectivity index (χ4n) is 2.25. The standard InChI is InChI=1S/C16H13ClN2O2S/c1-19-13-6-5-12(9-14(13)22-16(19)21)18-15(20)8-10-3-2-4-11(17)7-10/h2-7,9H,8H2,1H3,(H,18,20). The topological polar surface area (TPSA) is 51.1 Å². The van der Waals surface area contributed by atoms with E-state index < -0.39 is 0 Å². The van der Waals surface area contributed by atoms with Gasteiger partial charge >= 0.3 is 4.87 Å². The summed E-state index contributed by atoms with van der Waals surface area (Å²) in [5.74, 6) is -0.120. The normalized spacial score (nSPS) is 10.8. The van der Waals surface area contributed by atoms with Crippen LogP contribution < -0.4 is 10.2 Å². The van der Waals surface area contributed by atoms with E-state index in [0.29, 0.717) is 10.7 Å². The van der Waals surface area contributed by atoms with E-state index >= 15 is 0 Å². The Kier molecular flexibility index (Phi) is 4.00. The molecule has 0 saturated heterocycles. The number of halogens is 1. The van der Waals surface area contributed by atoms with Gasteiger partial charge in [0.2, 0.25) is 5.91 Å². The van der Waals surface area contributed by atoms with Crippen LogP contribution in [0.25, 0.3) is 10.2 Å². The third kappa shape index (κ3) is 3.05. The predicted molar refractivity (Wildman–Crippen MR) is 90.9 cm³/mol. The highest BCUT2D eigenvalue weighted by molar-refractivity contribution is 7.16. The van der Waals surface area contributed by atoms with Gasteiger partial charge in [0, 0.05) is 17.8 Å². The SMILES string of the molecule is Cn1c(=O)sc2cc(NC(=O)Cc3cccc(Cl)c3)ccc21. The molecule has 1 aromatic heterocycles. The molecule has 1 N–H and O–H groups in total. The Morgan fingerprint density at radius 3 is 2.86 bits per heavy atom. The summed E-state index contributed by atoms with van der Waals surface area (Å²) in [5.41, 5.74) is 2.40. The van der Waals surface area contributed by atoms with E-state index in [9.17, 15) is 9.59 Å². The highest BCUT2D eigenvalue weighted by Gasteiger charge is 2.08. The Labute approximate surface area is 136 Å². The van der Waals surface area contributed by atoms with Crippen LogP contribution in [0.1, 0.15) is 5.56 Å². The monoisotopic (exact) mass is 332 g/mol. The molecule has 3 aromatic rings. The number of carbonyl (C=O) groups excluding carboxylic acids is 1. The van der Waals surface area contributed by atoms with Crippen LogP contribution in [0.5, 0.6) is 0 Å². The Morgan fingerprint density at radius 2 is 2.09 bits per heavy atom. The van der Waals surface area contributed by atoms with Crippen LogP contribution >= 0.6 is 22.9 Å². The molecule has 0 aliphatic heterocycles. The maximum Gasteiger partial charge on any atom is 0.307 e. The molecule has 3 rings (SSSR count). The third-order valence-corrected chi connectivity index (χ3v) is 4.56. The molecule has 0 unspecified atom stereocenters. The summed E-state index contributed by atoms with van der Waals surface area (Å²) in [4.78, 5) is 23.7. The fourth-order valence-corrected chi connectivity index (χ4v) is 3.38. The van der Waals surface area contributed by atoms with Gasteiger partial charge in [-0.2, -0.15) is 0 Å². The zero-order valence-electron chi connectivity index (χ0n) is 11.8. The van der Waals surface area contributed by atoms with E-state index in [1.807, 2.05) is 24.3 Å². The Bertz CT molecular complexity index is 914. The van der Waals surface area contributed by atoms with E-state index in [4.69, 9.17) is 11.6 Å². The number of hydrogen-bond acceptors (Lipinski definition) is 3. The number of fused-ring (bicyclic) bond motifs is 1. The first-order chi connectivity index (χ1) is 10.5. The van der Waals surface area contributed by atoms with Crippen LogP contribution in [0.4, 0.5) is 5.69 Å². The van der Waals surface area contributed by atoms with Crippen molar-refractivity contribution < 1.29 is 4.79 Å². The van der Waals surface area contributed by atoms with E-state index in [2.05, 4.69) is 5.32 Å². The largest absolute Gasteiger partial charge is 0.326 e. The van der Waals surface area contributed by atoms with Gasteiger partial charge in [0.05, 0.1) is 16.6 Å². The van der Waals surface area contributed by atoms with Gasteiger partial charge in [0.25, 0.3) is 0 Å². The number of rotatable bonds is 3. The molecule has 1 amide bonds. The molecule has 0 fully saturated rings. The first-order valence-corrected chi connectivity index (χ1v) is 7.86. The van der Waals surface area contributed by atoms with Crippen molar-refractivity contribution in [3.8, 4) is 0 Å². The minimum absolute atomic E-state index is 0.0163. The van der Waals surface area contributed by atoms with Gasteiger partial charge in [0.15, 0.2) is 0 Å². The molecule has 22 heavy (non-hydrogen) atoms. The average Bonchev–Trinajstić information content (AvgIpc) is 2.73. The van der Waals surface area contributed by atoms with Crippen molar-refractivity contribution in [3.63, 3.8) is 0 Å². The van der Waals surface area contributed by atoms with Crippen LogP contribution in [-0.4, -0.2) is 10.5 Å². The van der Waals surface area contributed by atoms with Gasteiger partial charge in [0.1, 0.15) is 0 Å². The summed E-state index contributed by atoms with van der Waals surface area (Å²) >= 11 is 7.07. The highest BCUT2D eigenvalue weighted by Crippen LogP contribution is 2.21. The molecule has 0 saturated carbocycles. The second-order valence-corrected chi connectivity index (χ2v) is 6.39. The van der Waals surface area contributed by atoms with Crippen molar-refractivity contribution in [2.75, 3.05) is 5.32 Å². The second kappa shape index (κ2) is 5.94. The van der Waals surface area contributed by atoms with Crippen LogP contribution in [0.2, 0.25) is 5.02 Å². The maximum absolute atomic E-state index is 12.1. The lowest BCUT2D eigenvalue weighted by atomic mass is 10.1. The quantitative estimate of drug-likeness (QED) is 0.798. The minimum Gasteiger partial charge on any atom is -0.326 e. The molecule has 1 heterocycles. The number of benzene rings is 2. The Balaban J connectivity index is 1.78. The molecule has 6 heteroatoms. The zero-order chi connectivity index (χ0) is 15.7. The third-order valence-electron chi connectivity index (χ3n) is 3.33. The summed E-state index contributed by atoms with van der Waals surface area (Å²) in [6, 6.07) is 12.7. The molecule has 4 nitrogen and oxygen atoms in total. The summed E-state index contributed by atoms with van der Waals surface area (Å²) in [6.07, 6.45) is 0.254. The van der Waals surface area contributed by atoms with Crippen LogP contribution in [0.3, 0.4) is 0 Å². The number of nitrogens with one attached hydrogen (secondary N) is 1. The van der Waals surface area contributed by atoms with Crippen molar-refractivity contribution in [3.05, 3.63) is 62.7 Å². The summed E-state index contributed by atoms with van der Waals surface area (Å²) in [7, 11) is 1.73. The molecule has 0 atom stereocenters. The van der Waals surface area contributed by atoms with E-state index in [1.54, 1.807) is 29.8 Å². The van der Waals surface area contributed by atoms with E-state index in [0.717, 1.165) is 27.1 Å². The van der Waals surface area contributed by atoms with E-state index in [1.165, 1.54) is 0 Å². The Morgan fingerprint density at radius 1 is 1.27 bits per heavy atom.